The van der Waals surface area contributed by atoms with Crippen LogP contribution in [0.4, 0.5) is 0 Å². The molecule has 0 atom stereocenters. The Morgan fingerprint density at radius 3 is 2.59 bits per heavy atom. The number of hydrogen-bond acceptors (Lipinski definition) is 6. The van der Waals surface area contributed by atoms with Crippen LogP contribution in [0.1, 0.15) is 95.3 Å². The molecule has 0 radical (unpaired) electrons. The second-order valence-corrected chi connectivity index (χ2v) is 11.3. The van der Waals surface area contributed by atoms with Gasteiger partial charge in [0.05, 0.1) is 17.9 Å². The quantitative estimate of drug-likeness (QED) is 0.534. The molecule has 1 saturated heterocycles. The molecular weight excluding hydrogens is 496 g/mol. The van der Waals surface area contributed by atoms with Crippen LogP contribution in [0.25, 0.3) is 0 Å². The third kappa shape index (κ3) is 7.47. The number of carbonyl (C=O) groups is 3. The van der Waals surface area contributed by atoms with E-state index in [9.17, 15) is 14.4 Å². The first-order valence-corrected chi connectivity index (χ1v) is 14.3. The lowest BCUT2D eigenvalue weighted by atomic mass is 9.86. The Labute approximate surface area is 231 Å². The number of nitrogens with one attached hydrogen (secondary N) is 1. The molecule has 4 rings (SSSR count). The standard InChI is InChI=1S/C30H42N4O5/c1-4-34-26-24(13-9-17-38-18-10-14-31-27(26)35)25(32-34)20-30(2,3)21-39-29(37)23-12-8-11-22(19-23)28(36)33-15-6-5-7-16-33/h8,11-12,19H,4-7,9-10,13-18,20-21H2,1-3H3,(H,31,35). The SMILES string of the molecule is CCn1nc(CC(C)(C)COC(=O)c2cccc(C(=O)N3CCCCC3)c2)c2c1C(=O)NCCCOCCC2. The topological polar surface area (TPSA) is 103 Å². The minimum absolute atomic E-state index is 0.0377. The van der Waals surface area contributed by atoms with E-state index in [1.165, 1.54) is 0 Å². The zero-order chi connectivity index (χ0) is 27.8. The minimum Gasteiger partial charge on any atom is -0.462 e. The Kier molecular flexibility index (Phi) is 9.78. The molecule has 212 valence electrons. The molecule has 3 heterocycles. The van der Waals surface area contributed by atoms with E-state index >= 15 is 0 Å². The number of fused-ring (bicyclic) bond motifs is 1. The number of nitrogens with zero attached hydrogens (tertiary/aromatic N) is 3. The molecule has 9 heteroatoms. The van der Waals surface area contributed by atoms with E-state index in [2.05, 4.69) is 5.32 Å². The highest BCUT2D eigenvalue weighted by Crippen LogP contribution is 2.27. The minimum atomic E-state index is -0.453. The van der Waals surface area contributed by atoms with Crippen molar-refractivity contribution in [3.05, 3.63) is 52.3 Å². The lowest BCUT2D eigenvalue weighted by molar-refractivity contribution is 0.0339. The number of carbonyl (C=O) groups excluding carboxylic acids is 3. The molecule has 0 spiro atoms. The van der Waals surface area contributed by atoms with Crippen LogP contribution in [0, 0.1) is 5.41 Å². The zero-order valence-corrected chi connectivity index (χ0v) is 23.6. The maximum atomic E-state index is 13.0. The van der Waals surface area contributed by atoms with E-state index in [4.69, 9.17) is 14.6 Å². The van der Waals surface area contributed by atoms with Gasteiger partial charge < -0.3 is 19.7 Å². The van der Waals surface area contributed by atoms with Crippen molar-refractivity contribution >= 4 is 17.8 Å². The van der Waals surface area contributed by atoms with Gasteiger partial charge in [0, 0.05) is 62.4 Å². The van der Waals surface area contributed by atoms with Gasteiger partial charge in [0.15, 0.2) is 0 Å². The molecular formula is C30H42N4O5. The first kappa shape index (κ1) is 28.8. The largest absolute Gasteiger partial charge is 0.462 e. The predicted octanol–water partition coefficient (Wildman–Crippen LogP) is 4.04. The summed E-state index contributed by atoms with van der Waals surface area (Å²) in [6.07, 6.45) is 6.02. The van der Waals surface area contributed by atoms with Crippen molar-refractivity contribution in [3.8, 4) is 0 Å². The summed E-state index contributed by atoms with van der Waals surface area (Å²) in [7, 11) is 0. The van der Waals surface area contributed by atoms with E-state index < -0.39 is 11.4 Å². The summed E-state index contributed by atoms with van der Waals surface area (Å²) in [5, 5.41) is 7.81. The Balaban J connectivity index is 1.44. The van der Waals surface area contributed by atoms with Gasteiger partial charge in [0.2, 0.25) is 0 Å². The smallest absolute Gasteiger partial charge is 0.338 e. The molecule has 2 aromatic rings. The van der Waals surface area contributed by atoms with Crippen molar-refractivity contribution in [2.75, 3.05) is 39.5 Å². The van der Waals surface area contributed by atoms with Gasteiger partial charge in [-0.25, -0.2) is 4.79 Å². The number of amides is 2. The monoisotopic (exact) mass is 538 g/mol. The molecule has 1 aromatic carbocycles. The van der Waals surface area contributed by atoms with Gasteiger partial charge in [-0.3, -0.25) is 14.3 Å². The van der Waals surface area contributed by atoms with E-state index in [-0.39, 0.29) is 18.4 Å². The van der Waals surface area contributed by atoms with Gasteiger partial charge in [-0.1, -0.05) is 19.9 Å². The van der Waals surface area contributed by atoms with Crippen LogP contribution in [-0.4, -0.2) is 71.9 Å². The van der Waals surface area contributed by atoms with Crippen LogP contribution < -0.4 is 5.32 Å². The van der Waals surface area contributed by atoms with Crippen LogP contribution in [0.2, 0.25) is 0 Å². The number of aromatic nitrogens is 2. The summed E-state index contributed by atoms with van der Waals surface area (Å²) >= 11 is 0. The van der Waals surface area contributed by atoms with Gasteiger partial charge in [-0.05, 0) is 63.6 Å². The maximum Gasteiger partial charge on any atom is 0.338 e. The average molecular weight is 539 g/mol. The van der Waals surface area contributed by atoms with Crippen molar-refractivity contribution in [1.29, 1.82) is 0 Å². The van der Waals surface area contributed by atoms with Crippen LogP contribution in [-0.2, 0) is 28.9 Å². The summed E-state index contributed by atoms with van der Waals surface area (Å²) in [6, 6.07) is 6.80. The average Bonchev–Trinajstić information content (AvgIpc) is 3.27. The van der Waals surface area contributed by atoms with Gasteiger partial charge >= 0.3 is 5.97 Å². The number of piperidine rings is 1. The molecule has 0 unspecified atom stereocenters. The Morgan fingerprint density at radius 1 is 1.08 bits per heavy atom. The van der Waals surface area contributed by atoms with E-state index in [0.717, 1.165) is 56.5 Å². The molecule has 0 aliphatic carbocycles. The number of hydrogen-bond donors (Lipinski definition) is 1. The Hall–Kier alpha value is -3.20. The highest BCUT2D eigenvalue weighted by atomic mass is 16.5. The van der Waals surface area contributed by atoms with Crippen molar-refractivity contribution in [2.45, 2.75) is 72.3 Å². The third-order valence-electron chi connectivity index (χ3n) is 7.34. The maximum absolute atomic E-state index is 13.0. The fourth-order valence-corrected chi connectivity index (χ4v) is 5.26. The molecule has 39 heavy (non-hydrogen) atoms. The number of benzene rings is 1. The summed E-state index contributed by atoms with van der Waals surface area (Å²) in [5.74, 6) is -0.591. The molecule has 0 saturated carbocycles. The molecule has 1 fully saturated rings. The number of ether oxygens (including phenoxy) is 2. The summed E-state index contributed by atoms with van der Waals surface area (Å²) in [6.45, 7) is 10.2. The van der Waals surface area contributed by atoms with Crippen LogP contribution in [0.3, 0.4) is 0 Å². The van der Waals surface area contributed by atoms with Crippen LogP contribution in [0.15, 0.2) is 24.3 Å². The van der Waals surface area contributed by atoms with Gasteiger partial charge in [0.25, 0.3) is 11.8 Å². The lowest BCUT2D eigenvalue weighted by Crippen LogP contribution is -2.35. The normalized spacial score (nSPS) is 17.1. The van der Waals surface area contributed by atoms with Gasteiger partial charge in [-0.15, -0.1) is 0 Å². The van der Waals surface area contributed by atoms with Gasteiger partial charge in [-0.2, -0.15) is 5.10 Å². The van der Waals surface area contributed by atoms with E-state index in [1.54, 1.807) is 28.9 Å². The first-order valence-electron chi connectivity index (χ1n) is 14.3. The number of rotatable bonds is 7. The Bertz CT molecular complexity index is 1170. The first-order chi connectivity index (χ1) is 18.8. The third-order valence-corrected chi connectivity index (χ3v) is 7.34. The fraction of sp³-hybridized carbons (Fsp3) is 0.600. The zero-order valence-electron chi connectivity index (χ0n) is 23.6. The number of esters is 1. The summed E-state index contributed by atoms with van der Waals surface area (Å²) in [4.78, 5) is 40.8. The molecule has 9 nitrogen and oxygen atoms in total. The Morgan fingerprint density at radius 2 is 1.82 bits per heavy atom. The fourth-order valence-electron chi connectivity index (χ4n) is 5.26. The molecule has 2 amide bonds. The van der Waals surface area contributed by atoms with Crippen molar-refractivity contribution in [3.63, 3.8) is 0 Å². The van der Waals surface area contributed by atoms with Crippen molar-refractivity contribution in [2.24, 2.45) is 5.41 Å². The lowest BCUT2D eigenvalue weighted by Gasteiger charge is -2.27. The number of likely N-dealkylation sites (tertiary alicyclic amines) is 1. The summed E-state index contributed by atoms with van der Waals surface area (Å²) < 4.78 is 13.2. The molecule has 2 aliphatic rings. The molecule has 1 aromatic heterocycles. The van der Waals surface area contributed by atoms with E-state index in [1.807, 2.05) is 25.7 Å². The van der Waals surface area contributed by atoms with Crippen LogP contribution >= 0.6 is 0 Å². The van der Waals surface area contributed by atoms with Crippen LogP contribution in [0.5, 0.6) is 0 Å². The molecule has 0 bridgehead atoms. The highest BCUT2D eigenvalue weighted by molar-refractivity contribution is 5.98. The highest BCUT2D eigenvalue weighted by Gasteiger charge is 2.29. The predicted molar refractivity (Wildman–Crippen MR) is 148 cm³/mol. The molecule has 1 N–H and O–H groups in total. The second kappa shape index (κ2) is 13.2. The molecule has 2 aliphatic heterocycles. The van der Waals surface area contributed by atoms with Gasteiger partial charge in [0.1, 0.15) is 5.69 Å². The number of aryl methyl sites for hydroxylation is 1. The van der Waals surface area contributed by atoms with Crippen molar-refractivity contribution < 1.29 is 23.9 Å². The second-order valence-electron chi connectivity index (χ2n) is 11.3. The summed E-state index contributed by atoms with van der Waals surface area (Å²) in [5.41, 5.74) is 2.89. The van der Waals surface area contributed by atoms with Crippen molar-refractivity contribution in [1.82, 2.24) is 20.0 Å². The van der Waals surface area contributed by atoms with E-state index in [0.29, 0.717) is 56.0 Å².